The minimum Gasteiger partial charge on any atom is -0.340 e. The van der Waals surface area contributed by atoms with Crippen LogP contribution in [0.15, 0.2) is 30.3 Å². The summed E-state index contributed by atoms with van der Waals surface area (Å²) in [5.74, 6) is -0.770. The Bertz CT molecular complexity index is 410. The molecule has 1 fully saturated rings. The molecule has 1 amide bonds. The maximum Gasteiger partial charge on any atom is 0.335 e. The monoisotopic (exact) mass is 247 g/mol. The van der Waals surface area contributed by atoms with Gasteiger partial charge in [0.1, 0.15) is 0 Å². The van der Waals surface area contributed by atoms with Crippen molar-refractivity contribution in [2.45, 2.75) is 32.1 Å². The zero-order valence-electron chi connectivity index (χ0n) is 10.2. The Kier molecular flexibility index (Phi) is 4.34. The molecule has 1 aliphatic rings. The number of amides is 1. The normalized spacial score (nSPS) is 16.0. The average Bonchev–Trinajstić information content (AvgIpc) is 2.46. The molecule has 1 aromatic carbocycles. The summed E-state index contributed by atoms with van der Waals surface area (Å²) in [4.78, 5) is 28.2. The largest absolute Gasteiger partial charge is 0.340 e. The number of carbonyl (C=O) groups is 2. The number of hydroxylamine groups is 1. The van der Waals surface area contributed by atoms with E-state index < -0.39 is 0 Å². The van der Waals surface area contributed by atoms with E-state index in [2.05, 4.69) is 5.48 Å². The summed E-state index contributed by atoms with van der Waals surface area (Å²) in [6.45, 7) is 0. The minimum absolute atomic E-state index is 0.0603. The van der Waals surface area contributed by atoms with Crippen LogP contribution in [-0.2, 0) is 9.63 Å². The number of hydrogen-bond acceptors (Lipinski definition) is 3. The van der Waals surface area contributed by atoms with Crippen LogP contribution in [0.5, 0.6) is 0 Å². The molecule has 0 heterocycles. The van der Waals surface area contributed by atoms with E-state index in [1.165, 1.54) is 6.42 Å². The molecule has 0 unspecified atom stereocenters. The summed E-state index contributed by atoms with van der Waals surface area (Å²) >= 11 is 0. The van der Waals surface area contributed by atoms with Gasteiger partial charge in [0.05, 0.1) is 5.92 Å². The van der Waals surface area contributed by atoms with Crippen LogP contribution < -0.4 is 5.48 Å². The maximum atomic E-state index is 11.7. The highest BCUT2D eigenvalue weighted by Gasteiger charge is 2.23. The molecule has 0 saturated heterocycles. The van der Waals surface area contributed by atoms with E-state index in [9.17, 15) is 9.59 Å². The van der Waals surface area contributed by atoms with Crippen molar-refractivity contribution in [2.75, 3.05) is 0 Å². The van der Waals surface area contributed by atoms with E-state index in [-0.39, 0.29) is 17.8 Å². The minimum atomic E-state index is -0.389. The Hall–Kier alpha value is -1.84. The molecule has 4 nitrogen and oxygen atoms in total. The van der Waals surface area contributed by atoms with Gasteiger partial charge in [-0.2, -0.15) is 5.48 Å². The summed E-state index contributed by atoms with van der Waals surface area (Å²) in [6.07, 6.45) is 5.03. The molecule has 0 aromatic heterocycles. The lowest BCUT2D eigenvalue weighted by atomic mass is 9.89. The van der Waals surface area contributed by atoms with Crippen LogP contribution in [0.3, 0.4) is 0 Å². The van der Waals surface area contributed by atoms with Crippen molar-refractivity contribution in [1.82, 2.24) is 5.48 Å². The zero-order chi connectivity index (χ0) is 12.8. The Morgan fingerprint density at radius 1 is 1.06 bits per heavy atom. The van der Waals surface area contributed by atoms with Gasteiger partial charge in [-0.15, -0.1) is 0 Å². The highest BCUT2D eigenvalue weighted by molar-refractivity contribution is 5.94. The van der Waals surface area contributed by atoms with E-state index in [0.717, 1.165) is 25.7 Å². The van der Waals surface area contributed by atoms with Gasteiger partial charge in [0.2, 0.25) is 0 Å². The molecule has 2 rings (SSSR count). The Balaban J connectivity index is 1.80. The van der Waals surface area contributed by atoms with E-state index >= 15 is 0 Å². The van der Waals surface area contributed by atoms with Gasteiger partial charge in [0.25, 0.3) is 5.91 Å². The fourth-order valence-electron chi connectivity index (χ4n) is 2.17. The number of nitrogens with one attached hydrogen (secondary N) is 1. The van der Waals surface area contributed by atoms with Gasteiger partial charge in [-0.3, -0.25) is 4.79 Å². The lowest BCUT2D eigenvalue weighted by molar-refractivity contribution is -0.155. The Labute approximate surface area is 106 Å². The maximum absolute atomic E-state index is 11.7. The van der Waals surface area contributed by atoms with E-state index in [0.29, 0.717) is 5.56 Å². The molecule has 1 saturated carbocycles. The molecule has 0 bridgehead atoms. The average molecular weight is 247 g/mol. The SMILES string of the molecule is O=C(NOC(=O)C1CCCCC1)c1ccccc1. The van der Waals surface area contributed by atoms with Gasteiger partial charge in [0, 0.05) is 5.56 Å². The first-order valence-electron chi connectivity index (χ1n) is 6.33. The number of benzene rings is 1. The molecule has 1 aliphatic carbocycles. The van der Waals surface area contributed by atoms with Crippen LogP contribution in [-0.4, -0.2) is 11.9 Å². The summed E-state index contributed by atoms with van der Waals surface area (Å²) in [5, 5.41) is 0. The number of hydrogen-bond donors (Lipinski definition) is 1. The van der Waals surface area contributed by atoms with E-state index in [4.69, 9.17) is 4.84 Å². The first-order valence-corrected chi connectivity index (χ1v) is 6.33. The zero-order valence-corrected chi connectivity index (χ0v) is 10.2. The van der Waals surface area contributed by atoms with Crippen LogP contribution >= 0.6 is 0 Å². The van der Waals surface area contributed by atoms with Crippen molar-refractivity contribution in [1.29, 1.82) is 0 Å². The quantitative estimate of drug-likeness (QED) is 0.817. The molecule has 4 heteroatoms. The molecule has 0 atom stereocenters. The van der Waals surface area contributed by atoms with Crippen LogP contribution in [0.4, 0.5) is 0 Å². The first kappa shape index (κ1) is 12.6. The van der Waals surface area contributed by atoms with E-state index in [1.807, 2.05) is 6.07 Å². The van der Waals surface area contributed by atoms with Gasteiger partial charge >= 0.3 is 5.97 Å². The summed E-state index contributed by atoms with van der Waals surface area (Å²) < 4.78 is 0. The molecule has 0 radical (unpaired) electrons. The van der Waals surface area contributed by atoms with E-state index in [1.54, 1.807) is 24.3 Å². The molecule has 96 valence electrons. The molecule has 18 heavy (non-hydrogen) atoms. The molecule has 1 N–H and O–H groups in total. The van der Waals surface area contributed by atoms with Crippen LogP contribution in [0.25, 0.3) is 0 Å². The second-order valence-electron chi connectivity index (χ2n) is 4.55. The summed E-state index contributed by atoms with van der Waals surface area (Å²) in [6, 6.07) is 8.69. The molecular formula is C14H17NO3. The predicted octanol–water partition coefficient (Wildman–Crippen LogP) is 2.45. The van der Waals surface area contributed by atoms with Crippen LogP contribution in [0.2, 0.25) is 0 Å². The second kappa shape index (κ2) is 6.19. The highest BCUT2D eigenvalue weighted by atomic mass is 16.7. The fraction of sp³-hybridized carbons (Fsp3) is 0.429. The summed E-state index contributed by atoms with van der Waals surface area (Å²) in [5.41, 5.74) is 2.69. The first-order chi connectivity index (χ1) is 8.77. The number of rotatable bonds is 2. The third-order valence-electron chi connectivity index (χ3n) is 3.22. The molecule has 1 aromatic rings. The van der Waals surface area contributed by atoms with Gasteiger partial charge < -0.3 is 4.84 Å². The molecule has 0 aliphatic heterocycles. The van der Waals surface area contributed by atoms with Crippen molar-refractivity contribution >= 4 is 11.9 Å². The highest BCUT2D eigenvalue weighted by Crippen LogP contribution is 2.24. The Morgan fingerprint density at radius 3 is 2.39 bits per heavy atom. The Morgan fingerprint density at radius 2 is 1.72 bits per heavy atom. The predicted molar refractivity (Wildman–Crippen MR) is 66.6 cm³/mol. The van der Waals surface area contributed by atoms with Crippen molar-refractivity contribution in [3.05, 3.63) is 35.9 Å². The molecule has 0 spiro atoms. The lowest BCUT2D eigenvalue weighted by Crippen LogP contribution is -2.31. The number of carbonyl (C=O) groups excluding carboxylic acids is 2. The third-order valence-corrected chi connectivity index (χ3v) is 3.22. The third kappa shape index (κ3) is 3.32. The van der Waals surface area contributed by atoms with Crippen molar-refractivity contribution in [2.24, 2.45) is 5.92 Å². The van der Waals surface area contributed by atoms with Crippen LogP contribution in [0.1, 0.15) is 42.5 Å². The van der Waals surface area contributed by atoms with Crippen LogP contribution in [0, 0.1) is 5.92 Å². The second-order valence-corrected chi connectivity index (χ2v) is 4.55. The lowest BCUT2D eigenvalue weighted by Gasteiger charge is -2.19. The molecular weight excluding hydrogens is 230 g/mol. The van der Waals surface area contributed by atoms with Crippen molar-refractivity contribution in [3.8, 4) is 0 Å². The van der Waals surface area contributed by atoms with Gasteiger partial charge in [-0.05, 0) is 25.0 Å². The smallest absolute Gasteiger partial charge is 0.335 e. The standard InChI is InChI=1S/C14H17NO3/c16-13(11-7-3-1-4-8-11)15-18-14(17)12-9-5-2-6-10-12/h1,3-4,7-8,12H,2,5-6,9-10H2,(H,15,16). The van der Waals surface area contributed by atoms with Crippen molar-refractivity contribution in [3.63, 3.8) is 0 Å². The fourth-order valence-corrected chi connectivity index (χ4v) is 2.17. The van der Waals surface area contributed by atoms with Gasteiger partial charge in [0.15, 0.2) is 0 Å². The van der Waals surface area contributed by atoms with Gasteiger partial charge in [-0.1, -0.05) is 37.5 Å². The van der Waals surface area contributed by atoms with Crippen molar-refractivity contribution < 1.29 is 14.4 Å². The topological polar surface area (TPSA) is 55.4 Å². The summed E-state index contributed by atoms with van der Waals surface area (Å²) in [7, 11) is 0. The van der Waals surface area contributed by atoms with Gasteiger partial charge in [-0.25, -0.2) is 4.79 Å².